The highest BCUT2D eigenvalue weighted by Crippen LogP contribution is 2.53. The summed E-state index contributed by atoms with van der Waals surface area (Å²) in [5, 5.41) is 2.55. The lowest BCUT2D eigenvalue weighted by atomic mass is 9.80. The molecule has 0 aromatic heterocycles. The first kappa shape index (κ1) is 29.9. The highest BCUT2D eigenvalue weighted by Gasteiger charge is 2.37. The van der Waals surface area contributed by atoms with Gasteiger partial charge in [-0.05, 0) is 97.4 Å². The van der Waals surface area contributed by atoms with Crippen molar-refractivity contribution >= 4 is 27.8 Å². The van der Waals surface area contributed by atoms with E-state index in [4.69, 9.17) is 0 Å². The molecule has 8 aromatic rings. The van der Waals surface area contributed by atoms with E-state index in [0.717, 1.165) is 11.4 Å². The summed E-state index contributed by atoms with van der Waals surface area (Å²) in [7, 11) is 0. The first-order valence-corrected chi connectivity index (χ1v) is 17.4. The molecule has 8 aromatic carbocycles. The normalized spacial score (nSPS) is 12.8. The zero-order chi connectivity index (χ0) is 33.7. The molecule has 0 aliphatic heterocycles. The molecule has 0 spiro atoms. The summed E-state index contributed by atoms with van der Waals surface area (Å²) >= 11 is 0. The average Bonchev–Trinajstić information content (AvgIpc) is 3.42. The number of rotatable bonds is 6. The summed E-state index contributed by atoms with van der Waals surface area (Å²) in [4.78, 5) is 2.42. The van der Waals surface area contributed by atoms with Crippen LogP contribution in [0.15, 0.2) is 188 Å². The fraction of sp³-hybridized carbons (Fsp3) is 0.0612. The van der Waals surface area contributed by atoms with Crippen LogP contribution >= 0.6 is 0 Å². The lowest BCUT2D eigenvalue weighted by Crippen LogP contribution is -2.16. The van der Waals surface area contributed by atoms with Crippen molar-refractivity contribution in [1.82, 2.24) is 0 Å². The van der Waals surface area contributed by atoms with Gasteiger partial charge in [0.05, 0.1) is 5.69 Å². The SMILES string of the molecule is CC1(C)c2ccc(-c3ccccc3)cc2-c2ccc3c(N(c4ccc(-c5ccccc5)cc4)c4ccc(-c5ccccc5)cc4)cccc3c21. The molecule has 1 nitrogen and oxygen atoms in total. The van der Waals surface area contributed by atoms with E-state index in [1.54, 1.807) is 0 Å². The molecule has 1 heteroatoms. The van der Waals surface area contributed by atoms with E-state index in [2.05, 4.69) is 207 Å². The molecule has 238 valence electrons. The number of fused-ring (bicyclic) bond motifs is 5. The van der Waals surface area contributed by atoms with Gasteiger partial charge in [0, 0.05) is 22.2 Å². The Labute approximate surface area is 294 Å². The predicted molar refractivity (Wildman–Crippen MR) is 213 cm³/mol. The third-order valence-corrected chi connectivity index (χ3v) is 10.5. The number of anilines is 3. The highest BCUT2D eigenvalue weighted by molar-refractivity contribution is 6.05. The van der Waals surface area contributed by atoms with Gasteiger partial charge < -0.3 is 4.90 Å². The van der Waals surface area contributed by atoms with Crippen molar-refractivity contribution in [3.05, 3.63) is 199 Å². The molecule has 50 heavy (non-hydrogen) atoms. The zero-order valence-corrected chi connectivity index (χ0v) is 28.3. The summed E-state index contributed by atoms with van der Waals surface area (Å²) in [6.07, 6.45) is 0. The fourth-order valence-electron chi connectivity index (χ4n) is 7.99. The molecular weight excluding hydrogens is 603 g/mol. The molecule has 9 rings (SSSR count). The Morgan fingerprint density at radius 3 is 1.38 bits per heavy atom. The lowest BCUT2D eigenvalue weighted by molar-refractivity contribution is 0.666. The maximum Gasteiger partial charge on any atom is 0.0540 e. The number of hydrogen-bond acceptors (Lipinski definition) is 1. The summed E-state index contributed by atoms with van der Waals surface area (Å²) in [5.74, 6) is 0. The topological polar surface area (TPSA) is 3.24 Å². The smallest absolute Gasteiger partial charge is 0.0540 e. The van der Waals surface area contributed by atoms with E-state index in [-0.39, 0.29) is 5.41 Å². The molecule has 0 saturated carbocycles. The molecule has 0 heterocycles. The molecular formula is C49H37N. The summed E-state index contributed by atoms with van der Waals surface area (Å²) in [5.41, 5.74) is 16.1. The number of hydrogen-bond donors (Lipinski definition) is 0. The monoisotopic (exact) mass is 639 g/mol. The van der Waals surface area contributed by atoms with Crippen molar-refractivity contribution in [2.45, 2.75) is 19.3 Å². The van der Waals surface area contributed by atoms with Gasteiger partial charge in [0.2, 0.25) is 0 Å². The van der Waals surface area contributed by atoms with Crippen LogP contribution in [0, 0.1) is 0 Å². The Hall–Kier alpha value is -6.18. The fourth-order valence-corrected chi connectivity index (χ4v) is 7.99. The van der Waals surface area contributed by atoms with Crippen LogP contribution in [0.5, 0.6) is 0 Å². The van der Waals surface area contributed by atoms with Gasteiger partial charge in [-0.25, -0.2) is 0 Å². The summed E-state index contributed by atoms with van der Waals surface area (Å²) in [6, 6.07) is 68.4. The average molecular weight is 640 g/mol. The van der Waals surface area contributed by atoms with Crippen molar-refractivity contribution in [3.63, 3.8) is 0 Å². The Morgan fingerprint density at radius 2 is 0.840 bits per heavy atom. The second-order valence-corrected chi connectivity index (χ2v) is 13.8. The van der Waals surface area contributed by atoms with E-state index in [1.807, 2.05) is 0 Å². The van der Waals surface area contributed by atoms with Crippen molar-refractivity contribution in [3.8, 4) is 44.5 Å². The first-order valence-electron chi connectivity index (χ1n) is 17.4. The molecule has 0 fully saturated rings. The third-order valence-electron chi connectivity index (χ3n) is 10.5. The summed E-state index contributed by atoms with van der Waals surface area (Å²) in [6.45, 7) is 4.77. The number of benzene rings is 8. The number of nitrogens with zero attached hydrogens (tertiary/aromatic N) is 1. The molecule has 0 amide bonds. The predicted octanol–water partition coefficient (Wildman–Crippen LogP) is 13.6. The second-order valence-electron chi connectivity index (χ2n) is 13.8. The van der Waals surface area contributed by atoms with Crippen LogP contribution in [0.4, 0.5) is 17.1 Å². The zero-order valence-electron chi connectivity index (χ0n) is 28.3. The van der Waals surface area contributed by atoms with Gasteiger partial charge >= 0.3 is 0 Å². The van der Waals surface area contributed by atoms with Gasteiger partial charge in [0.25, 0.3) is 0 Å². The second kappa shape index (κ2) is 12.1. The van der Waals surface area contributed by atoms with Gasteiger partial charge in [-0.1, -0.05) is 166 Å². The van der Waals surface area contributed by atoms with Crippen molar-refractivity contribution in [2.75, 3.05) is 4.90 Å². The first-order chi connectivity index (χ1) is 24.6. The lowest BCUT2D eigenvalue weighted by Gasteiger charge is -2.29. The third kappa shape index (κ3) is 5.02. The Bertz CT molecular complexity index is 2380. The molecule has 0 saturated heterocycles. The Balaban J connectivity index is 1.20. The van der Waals surface area contributed by atoms with Crippen LogP contribution in [0.3, 0.4) is 0 Å². The van der Waals surface area contributed by atoms with Crippen LogP contribution in [-0.2, 0) is 5.41 Å². The minimum Gasteiger partial charge on any atom is -0.310 e. The van der Waals surface area contributed by atoms with Crippen LogP contribution < -0.4 is 4.90 Å². The van der Waals surface area contributed by atoms with Gasteiger partial charge in [0.15, 0.2) is 0 Å². The van der Waals surface area contributed by atoms with Crippen molar-refractivity contribution in [1.29, 1.82) is 0 Å². The molecule has 0 radical (unpaired) electrons. The van der Waals surface area contributed by atoms with E-state index in [1.165, 1.54) is 72.1 Å². The van der Waals surface area contributed by atoms with Gasteiger partial charge in [-0.2, -0.15) is 0 Å². The van der Waals surface area contributed by atoms with Crippen molar-refractivity contribution in [2.24, 2.45) is 0 Å². The van der Waals surface area contributed by atoms with Crippen LogP contribution in [0.2, 0.25) is 0 Å². The Kier molecular flexibility index (Phi) is 7.21. The molecule has 1 aliphatic carbocycles. The highest BCUT2D eigenvalue weighted by atomic mass is 15.1. The van der Waals surface area contributed by atoms with Crippen LogP contribution in [0.25, 0.3) is 55.3 Å². The van der Waals surface area contributed by atoms with Gasteiger partial charge in [-0.3, -0.25) is 0 Å². The minimum absolute atomic E-state index is 0.141. The van der Waals surface area contributed by atoms with Crippen LogP contribution in [0.1, 0.15) is 25.0 Å². The molecule has 0 unspecified atom stereocenters. The standard InChI is InChI=1S/C49H37N/c1-49(2)46-32-25-39(36-17-10-5-11-18-36)33-45(46)44-31-30-42-43(48(44)49)19-12-20-47(42)50(40-26-21-37(22-27-40)34-13-6-3-7-14-34)41-28-23-38(24-29-41)35-15-8-4-9-16-35/h3-33H,1-2H3. The van der Waals surface area contributed by atoms with E-state index in [0.29, 0.717) is 0 Å². The van der Waals surface area contributed by atoms with E-state index >= 15 is 0 Å². The molecule has 0 bridgehead atoms. The maximum atomic E-state index is 2.42. The molecule has 0 N–H and O–H groups in total. The van der Waals surface area contributed by atoms with Gasteiger partial charge in [-0.15, -0.1) is 0 Å². The largest absolute Gasteiger partial charge is 0.310 e. The van der Waals surface area contributed by atoms with Gasteiger partial charge in [0.1, 0.15) is 0 Å². The van der Waals surface area contributed by atoms with E-state index in [9.17, 15) is 0 Å². The molecule has 0 atom stereocenters. The summed E-state index contributed by atoms with van der Waals surface area (Å²) < 4.78 is 0. The van der Waals surface area contributed by atoms with Crippen LogP contribution in [-0.4, -0.2) is 0 Å². The van der Waals surface area contributed by atoms with E-state index < -0.39 is 0 Å². The maximum absolute atomic E-state index is 2.42. The Morgan fingerprint density at radius 1 is 0.360 bits per heavy atom. The quantitative estimate of drug-likeness (QED) is 0.175. The minimum atomic E-state index is -0.141. The molecule has 1 aliphatic rings. The van der Waals surface area contributed by atoms with Crippen molar-refractivity contribution < 1.29 is 0 Å².